The van der Waals surface area contributed by atoms with Crippen LogP contribution in [0.25, 0.3) is 0 Å². The van der Waals surface area contributed by atoms with Crippen molar-refractivity contribution in [3.8, 4) is 11.5 Å². The van der Waals surface area contributed by atoms with Gasteiger partial charge in [0.25, 0.3) is 0 Å². The van der Waals surface area contributed by atoms with Crippen LogP contribution in [0.3, 0.4) is 0 Å². The van der Waals surface area contributed by atoms with Gasteiger partial charge in [-0.2, -0.15) is 0 Å². The molecule has 2 heteroatoms. The zero-order valence-corrected chi connectivity index (χ0v) is 8.92. The third-order valence-corrected chi connectivity index (χ3v) is 3.03. The summed E-state index contributed by atoms with van der Waals surface area (Å²) in [4.78, 5) is 0. The van der Waals surface area contributed by atoms with Gasteiger partial charge in [0.1, 0.15) is 11.5 Å². The Morgan fingerprint density at radius 3 is 2.79 bits per heavy atom. The number of fused-ring (bicyclic) bond motifs is 1. The molecule has 0 amide bonds. The zero-order valence-electron chi connectivity index (χ0n) is 8.92. The average molecular weight is 192 g/mol. The molecule has 76 valence electrons. The Bertz CT molecular complexity index is 369. The summed E-state index contributed by atoms with van der Waals surface area (Å²) in [6, 6.07) is 1.84. The van der Waals surface area contributed by atoms with E-state index in [0.717, 1.165) is 35.3 Å². The molecule has 1 unspecified atom stereocenters. The van der Waals surface area contributed by atoms with E-state index in [9.17, 15) is 5.11 Å². The SMILES string of the molecule is Cc1c(O)cc2c(c1C)OC(C)CC2. The van der Waals surface area contributed by atoms with Crippen LogP contribution in [0, 0.1) is 13.8 Å². The summed E-state index contributed by atoms with van der Waals surface area (Å²) < 4.78 is 5.79. The maximum absolute atomic E-state index is 9.67. The zero-order chi connectivity index (χ0) is 10.3. The van der Waals surface area contributed by atoms with Crippen molar-refractivity contribution in [2.24, 2.45) is 0 Å². The van der Waals surface area contributed by atoms with Crippen LogP contribution in [0.5, 0.6) is 11.5 Å². The molecular weight excluding hydrogens is 176 g/mol. The lowest BCUT2D eigenvalue weighted by atomic mass is 9.96. The summed E-state index contributed by atoms with van der Waals surface area (Å²) in [5, 5.41) is 9.67. The lowest BCUT2D eigenvalue weighted by molar-refractivity contribution is 0.190. The van der Waals surface area contributed by atoms with E-state index >= 15 is 0 Å². The van der Waals surface area contributed by atoms with Crippen molar-refractivity contribution in [3.63, 3.8) is 0 Å². The molecule has 1 aliphatic rings. The van der Waals surface area contributed by atoms with Gasteiger partial charge in [-0.1, -0.05) is 0 Å². The van der Waals surface area contributed by atoms with Gasteiger partial charge in [0.2, 0.25) is 0 Å². The van der Waals surface area contributed by atoms with Crippen molar-refractivity contribution in [2.75, 3.05) is 0 Å². The summed E-state index contributed by atoms with van der Waals surface area (Å²) in [7, 11) is 0. The van der Waals surface area contributed by atoms with Gasteiger partial charge in [-0.15, -0.1) is 0 Å². The second-order valence-electron chi connectivity index (χ2n) is 4.10. The second-order valence-corrected chi connectivity index (χ2v) is 4.10. The van der Waals surface area contributed by atoms with Crippen molar-refractivity contribution < 1.29 is 9.84 Å². The van der Waals surface area contributed by atoms with Crippen LogP contribution in [0.2, 0.25) is 0 Å². The molecule has 1 N–H and O–H groups in total. The monoisotopic (exact) mass is 192 g/mol. The maximum Gasteiger partial charge on any atom is 0.126 e. The molecule has 0 bridgehead atoms. The maximum atomic E-state index is 9.67. The van der Waals surface area contributed by atoms with E-state index in [1.54, 1.807) is 0 Å². The van der Waals surface area contributed by atoms with Gasteiger partial charge in [-0.25, -0.2) is 0 Å². The molecule has 1 aliphatic heterocycles. The quantitative estimate of drug-likeness (QED) is 0.684. The van der Waals surface area contributed by atoms with Crippen LogP contribution in [0.4, 0.5) is 0 Å². The standard InChI is InChI=1S/C12H16O2/c1-7-4-5-10-6-11(13)8(2)9(3)12(10)14-7/h6-7,13H,4-5H2,1-3H3. The predicted molar refractivity (Wildman–Crippen MR) is 56.0 cm³/mol. The van der Waals surface area contributed by atoms with Crippen molar-refractivity contribution >= 4 is 0 Å². The summed E-state index contributed by atoms with van der Waals surface area (Å²) in [6.45, 7) is 6.02. The van der Waals surface area contributed by atoms with E-state index in [1.807, 2.05) is 19.9 Å². The third kappa shape index (κ3) is 1.35. The number of phenolic OH excluding ortho intramolecular Hbond substituents is 1. The summed E-state index contributed by atoms with van der Waals surface area (Å²) in [5.41, 5.74) is 3.15. The molecule has 0 saturated carbocycles. The molecule has 0 fully saturated rings. The number of hydrogen-bond donors (Lipinski definition) is 1. The van der Waals surface area contributed by atoms with Crippen LogP contribution >= 0.6 is 0 Å². The van der Waals surface area contributed by atoms with E-state index in [2.05, 4.69) is 6.92 Å². The molecule has 0 radical (unpaired) electrons. The Labute approximate surface area is 84.5 Å². The number of hydrogen-bond acceptors (Lipinski definition) is 2. The number of ether oxygens (including phenoxy) is 1. The highest BCUT2D eigenvalue weighted by Gasteiger charge is 2.20. The van der Waals surface area contributed by atoms with E-state index < -0.39 is 0 Å². The van der Waals surface area contributed by atoms with Gasteiger partial charge in [0, 0.05) is 0 Å². The van der Waals surface area contributed by atoms with Crippen molar-refractivity contribution in [3.05, 3.63) is 22.8 Å². The average Bonchev–Trinajstić information content (AvgIpc) is 2.16. The fraction of sp³-hybridized carbons (Fsp3) is 0.500. The first kappa shape index (κ1) is 9.38. The highest BCUT2D eigenvalue weighted by molar-refractivity contribution is 5.52. The third-order valence-electron chi connectivity index (χ3n) is 3.03. The Kier molecular flexibility index (Phi) is 2.14. The van der Waals surface area contributed by atoms with Crippen LogP contribution in [0.1, 0.15) is 30.0 Å². The second kappa shape index (κ2) is 3.19. The summed E-state index contributed by atoms with van der Waals surface area (Å²) >= 11 is 0. The lowest BCUT2D eigenvalue weighted by Crippen LogP contribution is -2.19. The molecule has 1 atom stereocenters. The molecule has 2 rings (SSSR count). The molecule has 0 saturated heterocycles. The Morgan fingerprint density at radius 1 is 1.36 bits per heavy atom. The molecule has 2 nitrogen and oxygen atoms in total. The van der Waals surface area contributed by atoms with Crippen molar-refractivity contribution in [1.82, 2.24) is 0 Å². The minimum Gasteiger partial charge on any atom is -0.508 e. The van der Waals surface area contributed by atoms with E-state index in [0.29, 0.717) is 11.9 Å². The highest BCUT2D eigenvalue weighted by Crippen LogP contribution is 2.36. The number of phenols is 1. The smallest absolute Gasteiger partial charge is 0.126 e. The van der Waals surface area contributed by atoms with E-state index in [4.69, 9.17) is 4.74 Å². The van der Waals surface area contributed by atoms with Gasteiger partial charge in [0.15, 0.2) is 0 Å². The highest BCUT2D eigenvalue weighted by atomic mass is 16.5. The van der Waals surface area contributed by atoms with Crippen LogP contribution in [0.15, 0.2) is 6.07 Å². The topological polar surface area (TPSA) is 29.5 Å². The molecule has 0 spiro atoms. The molecule has 0 aliphatic carbocycles. The van der Waals surface area contributed by atoms with Crippen LogP contribution in [-0.4, -0.2) is 11.2 Å². The minimum absolute atomic E-state index is 0.296. The number of rotatable bonds is 0. The largest absolute Gasteiger partial charge is 0.508 e. The molecule has 1 aromatic carbocycles. The van der Waals surface area contributed by atoms with Gasteiger partial charge in [0.05, 0.1) is 6.10 Å². The van der Waals surface area contributed by atoms with Crippen LogP contribution < -0.4 is 4.74 Å². The van der Waals surface area contributed by atoms with Crippen LogP contribution in [-0.2, 0) is 6.42 Å². The van der Waals surface area contributed by atoms with Crippen molar-refractivity contribution in [1.29, 1.82) is 0 Å². The number of aryl methyl sites for hydroxylation is 1. The summed E-state index contributed by atoms with van der Waals surface area (Å²) in [6.07, 6.45) is 2.34. The van der Waals surface area contributed by atoms with Gasteiger partial charge < -0.3 is 9.84 Å². The first-order chi connectivity index (χ1) is 6.59. The first-order valence-corrected chi connectivity index (χ1v) is 5.08. The van der Waals surface area contributed by atoms with E-state index in [-0.39, 0.29) is 0 Å². The molecule has 1 heterocycles. The number of benzene rings is 1. The summed E-state index contributed by atoms with van der Waals surface area (Å²) in [5.74, 6) is 1.37. The van der Waals surface area contributed by atoms with E-state index in [1.165, 1.54) is 0 Å². The van der Waals surface area contributed by atoms with Gasteiger partial charge in [-0.05, 0) is 56.4 Å². The molecule has 1 aromatic rings. The predicted octanol–water partition coefficient (Wildman–Crippen LogP) is 2.72. The van der Waals surface area contributed by atoms with Gasteiger partial charge in [-0.3, -0.25) is 0 Å². The lowest BCUT2D eigenvalue weighted by Gasteiger charge is -2.26. The number of aromatic hydroxyl groups is 1. The molecule has 0 aromatic heterocycles. The fourth-order valence-corrected chi connectivity index (χ4v) is 1.91. The normalized spacial score (nSPS) is 20.1. The Hall–Kier alpha value is -1.18. The Morgan fingerprint density at radius 2 is 2.07 bits per heavy atom. The fourth-order valence-electron chi connectivity index (χ4n) is 1.91. The van der Waals surface area contributed by atoms with Gasteiger partial charge >= 0.3 is 0 Å². The minimum atomic E-state index is 0.296. The van der Waals surface area contributed by atoms with Crippen molar-refractivity contribution in [2.45, 2.75) is 39.7 Å². The first-order valence-electron chi connectivity index (χ1n) is 5.08. The molecule has 14 heavy (non-hydrogen) atoms. The molecular formula is C12H16O2. The Balaban J connectivity index is 2.55.